The van der Waals surface area contributed by atoms with Crippen molar-refractivity contribution in [3.05, 3.63) is 23.8 Å². The summed E-state index contributed by atoms with van der Waals surface area (Å²) >= 11 is 0. The molecule has 0 heterocycles. The Kier molecular flexibility index (Phi) is 9.27. The van der Waals surface area contributed by atoms with Crippen LogP contribution < -0.4 is 20.9 Å². The van der Waals surface area contributed by atoms with Crippen molar-refractivity contribution in [1.29, 1.82) is 0 Å². The number of carbonyl (C=O) groups is 2. The van der Waals surface area contributed by atoms with E-state index in [1.165, 1.54) is 0 Å². The molecule has 0 aliphatic heterocycles. The standard InChI is InChI=1S/C22H39N5O2/c1-14(2)17(7)27(22(29)24-16(5)6)13-18-12-19(10-11-20(18)26(8)9)25-21(28)23-15(3)4/h10-12,14-17H,13H2,1-9H3,(H,24,29)(H2,23,25,28). The first-order chi connectivity index (χ1) is 13.4. The normalized spacial score (nSPS) is 12.1. The molecule has 0 saturated heterocycles. The summed E-state index contributed by atoms with van der Waals surface area (Å²) in [5.74, 6) is 0.314. The van der Waals surface area contributed by atoms with Gasteiger partial charge in [-0.2, -0.15) is 0 Å². The van der Waals surface area contributed by atoms with Crippen LogP contribution in [0.4, 0.5) is 21.0 Å². The minimum absolute atomic E-state index is 0.0534. The van der Waals surface area contributed by atoms with Gasteiger partial charge in [-0.1, -0.05) is 13.8 Å². The molecule has 29 heavy (non-hydrogen) atoms. The van der Waals surface area contributed by atoms with E-state index >= 15 is 0 Å². The van der Waals surface area contributed by atoms with Crippen molar-refractivity contribution >= 4 is 23.4 Å². The van der Waals surface area contributed by atoms with Gasteiger partial charge in [-0.3, -0.25) is 0 Å². The summed E-state index contributed by atoms with van der Waals surface area (Å²) in [4.78, 5) is 28.9. The molecule has 1 aromatic carbocycles. The number of amides is 4. The highest BCUT2D eigenvalue weighted by molar-refractivity contribution is 5.90. The van der Waals surface area contributed by atoms with E-state index in [2.05, 4.69) is 36.7 Å². The molecule has 0 aliphatic rings. The number of anilines is 2. The lowest BCUT2D eigenvalue weighted by molar-refractivity contribution is 0.155. The maximum absolute atomic E-state index is 12.9. The Labute approximate surface area is 176 Å². The van der Waals surface area contributed by atoms with Crippen LogP contribution in [-0.4, -0.2) is 49.2 Å². The van der Waals surface area contributed by atoms with Crippen LogP contribution in [0.3, 0.4) is 0 Å². The third-order valence-electron chi connectivity index (χ3n) is 4.71. The van der Waals surface area contributed by atoms with Gasteiger partial charge in [0.2, 0.25) is 0 Å². The van der Waals surface area contributed by atoms with Gasteiger partial charge in [0.1, 0.15) is 0 Å². The molecule has 3 N–H and O–H groups in total. The second kappa shape index (κ2) is 10.9. The van der Waals surface area contributed by atoms with Crippen molar-refractivity contribution in [2.45, 2.75) is 73.1 Å². The fourth-order valence-corrected chi connectivity index (χ4v) is 2.93. The fraction of sp³-hybridized carbons (Fsp3) is 0.636. The van der Waals surface area contributed by atoms with Crippen LogP contribution in [0.25, 0.3) is 0 Å². The van der Waals surface area contributed by atoms with E-state index in [1.807, 2.05) is 69.8 Å². The fourth-order valence-electron chi connectivity index (χ4n) is 2.93. The number of hydrogen-bond acceptors (Lipinski definition) is 3. The largest absolute Gasteiger partial charge is 0.377 e. The van der Waals surface area contributed by atoms with Gasteiger partial charge in [0, 0.05) is 50.1 Å². The van der Waals surface area contributed by atoms with Gasteiger partial charge in [0.25, 0.3) is 0 Å². The van der Waals surface area contributed by atoms with Crippen LogP contribution in [0.15, 0.2) is 18.2 Å². The van der Waals surface area contributed by atoms with E-state index in [-0.39, 0.29) is 30.2 Å². The average Bonchev–Trinajstić information content (AvgIpc) is 2.57. The summed E-state index contributed by atoms with van der Waals surface area (Å²) in [6, 6.07) is 5.64. The second-order valence-corrected chi connectivity index (χ2v) is 8.71. The quantitative estimate of drug-likeness (QED) is 0.605. The lowest BCUT2D eigenvalue weighted by Crippen LogP contribution is -2.48. The number of carbonyl (C=O) groups excluding carboxylic acids is 2. The summed E-state index contributed by atoms with van der Waals surface area (Å²) in [5.41, 5.74) is 2.69. The summed E-state index contributed by atoms with van der Waals surface area (Å²) in [6.45, 7) is 14.5. The highest BCUT2D eigenvalue weighted by Crippen LogP contribution is 2.26. The van der Waals surface area contributed by atoms with Gasteiger partial charge in [0.15, 0.2) is 0 Å². The van der Waals surface area contributed by atoms with Crippen LogP contribution in [0, 0.1) is 5.92 Å². The Bertz CT molecular complexity index is 686. The first-order valence-corrected chi connectivity index (χ1v) is 10.4. The van der Waals surface area contributed by atoms with Gasteiger partial charge >= 0.3 is 12.1 Å². The topological polar surface area (TPSA) is 76.7 Å². The Balaban J connectivity index is 3.22. The van der Waals surface area contributed by atoms with Crippen LogP contribution in [0.1, 0.15) is 54.0 Å². The van der Waals surface area contributed by atoms with Gasteiger partial charge in [0.05, 0.1) is 0 Å². The van der Waals surface area contributed by atoms with Crippen molar-refractivity contribution in [2.24, 2.45) is 5.92 Å². The van der Waals surface area contributed by atoms with Crippen molar-refractivity contribution < 1.29 is 9.59 Å². The predicted octanol–water partition coefficient (Wildman–Crippen LogP) is 4.25. The van der Waals surface area contributed by atoms with E-state index in [1.54, 1.807) is 0 Å². The highest BCUT2D eigenvalue weighted by Gasteiger charge is 2.24. The molecule has 7 nitrogen and oxygen atoms in total. The molecule has 0 saturated carbocycles. The van der Waals surface area contributed by atoms with Crippen molar-refractivity contribution in [1.82, 2.24) is 15.5 Å². The van der Waals surface area contributed by atoms with Gasteiger partial charge in [-0.15, -0.1) is 0 Å². The first-order valence-electron chi connectivity index (χ1n) is 10.4. The molecule has 0 bridgehead atoms. The molecule has 0 fully saturated rings. The molecule has 1 unspecified atom stereocenters. The lowest BCUT2D eigenvalue weighted by Gasteiger charge is -2.34. The molecule has 4 amide bonds. The first kappa shape index (κ1) is 24.6. The zero-order valence-electron chi connectivity index (χ0n) is 19.5. The van der Waals surface area contributed by atoms with Crippen LogP contribution in [0.2, 0.25) is 0 Å². The minimum atomic E-state index is -0.242. The molecule has 1 rings (SSSR count). The number of benzene rings is 1. The highest BCUT2D eigenvalue weighted by atomic mass is 16.2. The van der Waals surface area contributed by atoms with E-state index in [9.17, 15) is 9.59 Å². The molecular weight excluding hydrogens is 366 g/mol. The summed E-state index contributed by atoms with van der Waals surface area (Å²) < 4.78 is 0. The Hall–Kier alpha value is -2.44. The second-order valence-electron chi connectivity index (χ2n) is 8.71. The van der Waals surface area contributed by atoms with E-state index in [0.29, 0.717) is 18.2 Å². The van der Waals surface area contributed by atoms with E-state index in [0.717, 1.165) is 11.3 Å². The minimum Gasteiger partial charge on any atom is -0.377 e. The lowest BCUT2D eigenvalue weighted by atomic mass is 10.0. The van der Waals surface area contributed by atoms with Gasteiger partial charge < -0.3 is 25.8 Å². The maximum Gasteiger partial charge on any atom is 0.319 e. The predicted molar refractivity (Wildman–Crippen MR) is 122 cm³/mol. The SMILES string of the molecule is CC(C)NC(=O)Nc1ccc(N(C)C)c(CN(C(=O)NC(C)C)C(C)C(C)C)c1. The smallest absolute Gasteiger partial charge is 0.319 e. The summed E-state index contributed by atoms with van der Waals surface area (Å²) in [7, 11) is 3.95. The number of nitrogens with zero attached hydrogens (tertiary/aromatic N) is 2. The number of rotatable bonds is 8. The van der Waals surface area contributed by atoms with E-state index in [4.69, 9.17) is 0 Å². The van der Waals surface area contributed by atoms with Crippen LogP contribution >= 0.6 is 0 Å². The van der Waals surface area contributed by atoms with Crippen molar-refractivity contribution in [2.75, 3.05) is 24.3 Å². The molecule has 0 spiro atoms. The summed E-state index contributed by atoms with van der Waals surface area (Å²) in [5, 5.41) is 8.72. The van der Waals surface area contributed by atoms with Crippen LogP contribution in [-0.2, 0) is 6.54 Å². The molecule has 0 aliphatic carbocycles. The zero-order valence-corrected chi connectivity index (χ0v) is 19.5. The molecule has 7 heteroatoms. The third kappa shape index (κ3) is 7.83. The molecular formula is C22H39N5O2. The van der Waals surface area contributed by atoms with Gasteiger partial charge in [-0.05, 0) is 64.3 Å². The van der Waals surface area contributed by atoms with Crippen molar-refractivity contribution in [3.63, 3.8) is 0 Å². The summed E-state index contributed by atoms with van der Waals surface area (Å²) in [6.07, 6.45) is 0. The van der Waals surface area contributed by atoms with Crippen molar-refractivity contribution in [3.8, 4) is 0 Å². The Morgan fingerprint density at radius 1 is 0.931 bits per heavy atom. The van der Waals surface area contributed by atoms with Gasteiger partial charge in [-0.25, -0.2) is 9.59 Å². The zero-order chi connectivity index (χ0) is 22.3. The number of urea groups is 2. The molecule has 0 aromatic heterocycles. The molecule has 164 valence electrons. The maximum atomic E-state index is 12.9. The monoisotopic (exact) mass is 405 g/mol. The van der Waals surface area contributed by atoms with Crippen LogP contribution in [0.5, 0.6) is 0 Å². The third-order valence-corrected chi connectivity index (χ3v) is 4.71. The number of nitrogens with one attached hydrogen (secondary N) is 3. The molecule has 1 atom stereocenters. The average molecular weight is 406 g/mol. The Morgan fingerprint density at radius 2 is 1.52 bits per heavy atom. The van der Waals surface area contributed by atoms with E-state index < -0.39 is 0 Å². The molecule has 0 radical (unpaired) electrons. The Morgan fingerprint density at radius 3 is 2.00 bits per heavy atom. The number of hydrogen-bond donors (Lipinski definition) is 3. The molecule has 1 aromatic rings.